The summed E-state index contributed by atoms with van der Waals surface area (Å²) in [5.41, 5.74) is 2.08. The summed E-state index contributed by atoms with van der Waals surface area (Å²) in [4.78, 5) is 30.2. The number of hydrogen-bond donors (Lipinski definition) is 3. The molecule has 120 valence electrons. The monoisotopic (exact) mass is 312 g/mol. The zero-order valence-corrected chi connectivity index (χ0v) is 12.8. The number of hydrogen-bond acceptors (Lipinski definition) is 4. The molecule has 0 bridgehead atoms. The Morgan fingerprint density at radius 2 is 2.22 bits per heavy atom. The molecule has 1 fully saturated rings. The van der Waals surface area contributed by atoms with Crippen molar-refractivity contribution in [1.29, 1.82) is 0 Å². The van der Waals surface area contributed by atoms with Gasteiger partial charge in [0.15, 0.2) is 0 Å². The highest BCUT2D eigenvalue weighted by molar-refractivity contribution is 5.95. The van der Waals surface area contributed by atoms with Crippen LogP contribution in [0.5, 0.6) is 0 Å². The minimum atomic E-state index is -0.224. The van der Waals surface area contributed by atoms with Crippen LogP contribution >= 0.6 is 0 Å². The minimum absolute atomic E-state index is 0.131. The molecule has 6 heteroatoms. The summed E-state index contributed by atoms with van der Waals surface area (Å²) < 4.78 is 0. The molecule has 6 nitrogen and oxygen atoms in total. The Balaban J connectivity index is 1.68. The first-order valence-electron chi connectivity index (χ1n) is 7.83. The molecule has 0 spiro atoms. The average Bonchev–Trinajstić information content (AvgIpc) is 3.06. The van der Waals surface area contributed by atoms with Gasteiger partial charge in [-0.1, -0.05) is 18.2 Å². The molecule has 0 aliphatic carbocycles. The van der Waals surface area contributed by atoms with Crippen LogP contribution in [0.4, 0.5) is 0 Å². The first-order valence-corrected chi connectivity index (χ1v) is 7.83. The van der Waals surface area contributed by atoms with Crippen molar-refractivity contribution in [2.45, 2.75) is 19.4 Å². The maximum absolute atomic E-state index is 12.5. The van der Waals surface area contributed by atoms with Gasteiger partial charge in [0.25, 0.3) is 11.5 Å². The number of H-pyrrole nitrogens is 1. The molecular formula is C17H20N4O2. The molecule has 0 saturated carbocycles. The van der Waals surface area contributed by atoms with E-state index >= 15 is 0 Å². The molecule has 0 radical (unpaired) electrons. The molecular weight excluding hydrogens is 292 g/mol. The van der Waals surface area contributed by atoms with Gasteiger partial charge in [-0.25, -0.2) is 4.98 Å². The van der Waals surface area contributed by atoms with E-state index in [9.17, 15) is 9.59 Å². The van der Waals surface area contributed by atoms with Crippen LogP contribution in [0.15, 0.2) is 41.5 Å². The van der Waals surface area contributed by atoms with Gasteiger partial charge in [-0.15, -0.1) is 0 Å². The van der Waals surface area contributed by atoms with Crippen molar-refractivity contribution in [2.24, 2.45) is 5.92 Å². The Bertz CT molecular complexity index is 735. The maximum atomic E-state index is 12.5. The molecule has 2 aromatic rings. The molecule has 23 heavy (non-hydrogen) atoms. The smallest absolute Gasteiger partial charge is 0.251 e. The Hall–Kier alpha value is -2.47. The lowest BCUT2D eigenvalue weighted by molar-refractivity contribution is 0.0949. The van der Waals surface area contributed by atoms with Crippen LogP contribution in [0.3, 0.4) is 0 Å². The summed E-state index contributed by atoms with van der Waals surface area (Å²) in [6.45, 7) is 2.29. The van der Waals surface area contributed by atoms with E-state index in [2.05, 4.69) is 20.6 Å². The van der Waals surface area contributed by atoms with E-state index in [-0.39, 0.29) is 18.0 Å². The summed E-state index contributed by atoms with van der Waals surface area (Å²) in [5.74, 6) is 0.451. The van der Waals surface area contributed by atoms with Gasteiger partial charge in [0.1, 0.15) is 0 Å². The van der Waals surface area contributed by atoms with Crippen molar-refractivity contribution in [3.63, 3.8) is 0 Å². The summed E-state index contributed by atoms with van der Waals surface area (Å²) >= 11 is 0. The van der Waals surface area contributed by atoms with E-state index in [1.165, 1.54) is 12.4 Å². The van der Waals surface area contributed by atoms with Crippen LogP contribution in [0, 0.1) is 5.92 Å². The Labute approximate surface area is 134 Å². The molecule has 3 N–H and O–H groups in total. The highest BCUT2D eigenvalue weighted by atomic mass is 16.1. The molecule has 1 amide bonds. The van der Waals surface area contributed by atoms with Crippen LogP contribution < -0.4 is 16.2 Å². The normalized spacial score (nSPS) is 17.1. The zero-order valence-electron chi connectivity index (χ0n) is 12.8. The van der Waals surface area contributed by atoms with E-state index in [1.54, 1.807) is 0 Å². The lowest BCUT2D eigenvalue weighted by atomic mass is 9.94. The molecule has 3 rings (SSSR count). The summed E-state index contributed by atoms with van der Waals surface area (Å²) in [6.07, 6.45) is 3.39. The summed E-state index contributed by atoms with van der Waals surface area (Å²) in [6, 6.07) is 9.08. The Morgan fingerprint density at radius 3 is 3.00 bits per heavy atom. The largest absolute Gasteiger partial charge is 0.346 e. The van der Waals surface area contributed by atoms with Crippen LogP contribution in [0.25, 0.3) is 0 Å². The van der Waals surface area contributed by atoms with Gasteiger partial charge in [-0.2, -0.15) is 0 Å². The van der Waals surface area contributed by atoms with Gasteiger partial charge in [-0.3, -0.25) is 9.59 Å². The van der Waals surface area contributed by atoms with E-state index in [4.69, 9.17) is 0 Å². The molecule has 1 atom stereocenters. The molecule has 1 aromatic heterocycles. The lowest BCUT2D eigenvalue weighted by Crippen LogP contribution is -2.25. The number of carbonyl (C=O) groups is 1. The molecule has 1 aliphatic rings. The van der Waals surface area contributed by atoms with Gasteiger partial charge in [0, 0.05) is 11.6 Å². The summed E-state index contributed by atoms with van der Waals surface area (Å²) in [7, 11) is 0. The molecule has 1 aliphatic heterocycles. The predicted molar refractivity (Wildman–Crippen MR) is 87.2 cm³/mol. The predicted octanol–water partition coefficient (Wildman–Crippen LogP) is 0.852. The van der Waals surface area contributed by atoms with Crippen molar-refractivity contribution in [1.82, 2.24) is 20.6 Å². The third-order valence-electron chi connectivity index (χ3n) is 4.10. The second kappa shape index (κ2) is 7.19. The van der Waals surface area contributed by atoms with Crippen LogP contribution in [0.2, 0.25) is 0 Å². The second-order valence-electron chi connectivity index (χ2n) is 5.81. The topological polar surface area (TPSA) is 86.9 Å². The minimum Gasteiger partial charge on any atom is -0.346 e. The number of aromatic amines is 1. The van der Waals surface area contributed by atoms with Crippen LogP contribution in [-0.2, 0) is 13.0 Å². The number of amides is 1. The lowest BCUT2D eigenvalue weighted by Gasteiger charge is -2.13. The van der Waals surface area contributed by atoms with E-state index in [0.717, 1.165) is 31.5 Å². The van der Waals surface area contributed by atoms with Crippen LogP contribution in [-0.4, -0.2) is 29.0 Å². The molecule has 1 saturated heterocycles. The van der Waals surface area contributed by atoms with Crippen molar-refractivity contribution >= 4 is 5.91 Å². The number of rotatable bonds is 5. The van der Waals surface area contributed by atoms with Gasteiger partial charge in [-0.05, 0) is 43.5 Å². The fourth-order valence-electron chi connectivity index (χ4n) is 2.89. The molecule has 2 heterocycles. The SMILES string of the molecule is O=C(NCc1cc(=O)[nH]cn1)c1ccccc1CC1CCNC1. The van der Waals surface area contributed by atoms with Gasteiger partial charge < -0.3 is 15.6 Å². The maximum Gasteiger partial charge on any atom is 0.251 e. The van der Waals surface area contributed by atoms with Gasteiger partial charge >= 0.3 is 0 Å². The molecule has 1 aromatic carbocycles. The van der Waals surface area contributed by atoms with Gasteiger partial charge in [0.2, 0.25) is 0 Å². The number of carbonyl (C=O) groups excluding carboxylic acids is 1. The second-order valence-corrected chi connectivity index (χ2v) is 5.81. The highest BCUT2D eigenvalue weighted by Crippen LogP contribution is 2.18. The van der Waals surface area contributed by atoms with Gasteiger partial charge in [0.05, 0.1) is 18.6 Å². The quantitative estimate of drug-likeness (QED) is 0.764. The fraction of sp³-hybridized carbons (Fsp3) is 0.353. The third-order valence-corrected chi connectivity index (χ3v) is 4.10. The van der Waals surface area contributed by atoms with Crippen molar-refractivity contribution in [2.75, 3.05) is 13.1 Å². The van der Waals surface area contributed by atoms with Crippen molar-refractivity contribution in [3.05, 3.63) is 63.8 Å². The highest BCUT2D eigenvalue weighted by Gasteiger charge is 2.18. The Morgan fingerprint density at radius 1 is 1.35 bits per heavy atom. The Kier molecular flexibility index (Phi) is 4.83. The van der Waals surface area contributed by atoms with E-state index < -0.39 is 0 Å². The first-order chi connectivity index (χ1) is 11.2. The number of aromatic nitrogens is 2. The number of nitrogens with one attached hydrogen (secondary N) is 3. The standard InChI is InChI=1S/C17H20N4O2/c22-16-8-14(20-11-21-16)10-19-17(23)15-4-2-1-3-13(15)7-12-5-6-18-9-12/h1-4,8,11-12,18H,5-7,9-10H2,(H,19,23)(H,20,21,22). The van der Waals surface area contributed by atoms with Crippen LogP contribution in [0.1, 0.15) is 28.0 Å². The first kappa shape index (κ1) is 15.4. The van der Waals surface area contributed by atoms with E-state index in [0.29, 0.717) is 17.2 Å². The summed E-state index contributed by atoms with van der Waals surface area (Å²) in [5, 5.41) is 6.19. The average molecular weight is 312 g/mol. The zero-order chi connectivity index (χ0) is 16.1. The number of benzene rings is 1. The van der Waals surface area contributed by atoms with Crippen molar-refractivity contribution < 1.29 is 4.79 Å². The molecule has 1 unspecified atom stereocenters. The third kappa shape index (κ3) is 4.04. The van der Waals surface area contributed by atoms with Crippen molar-refractivity contribution in [3.8, 4) is 0 Å². The van der Waals surface area contributed by atoms with E-state index in [1.807, 2.05) is 24.3 Å². The number of nitrogens with zero attached hydrogens (tertiary/aromatic N) is 1. The fourth-order valence-corrected chi connectivity index (χ4v) is 2.89.